The van der Waals surface area contributed by atoms with Crippen molar-refractivity contribution in [2.75, 3.05) is 6.26 Å². The van der Waals surface area contributed by atoms with Gasteiger partial charge in [0.1, 0.15) is 5.75 Å². The van der Waals surface area contributed by atoms with E-state index in [1.165, 1.54) is 0 Å². The molecule has 0 atom stereocenters. The molecule has 0 aliphatic heterocycles. The summed E-state index contributed by atoms with van der Waals surface area (Å²) in [6.45, 7) is 0. The number of nitrogens with one attached hydrogen (secondary N) is 1. The van der Waals surface area contributed by atoms with E-state index in [2.05, 4.69) is 10.1 Å². The molecule has 0 heterocycles. The lowest BCUT2D eigenvalue weighted by Gasteiger charge is -2.34. The van der Waals surface area contributed by atoms with Gasteiger partial charge >= 0.3 is 12.5 Å². The van der Waals surface area contributed by atoms with E-state index in [0.29, 0.717) is 30.5 Å². The van der Waals surface area contributed by atoms with Gasteiger partial charge in [-0.15, -0.1) is 13.2 Å². The molecule has 0 bridgehead atoms. The van der Waals surface area contributed by atoms with E-state index in [1.807, 2.05) is 0 Å². The first-order chi connectivity index (χ1) is 17.2. The summed E-state index contributed by atoms with van der Waals surface area (Å²) in [6.07, 6.45) is -11.2. The largest absolute Gasteiger partial charge is 0.573 e. The van der Waals surface area contributed by atoms with Gasteiger partial charge in [0.2, 0.25) is 14.8 Å². The highest BCUT2D eigenvalue weighted by atomic mass is 32.2. The molecule has 2 aromatic carbocycles. The minimum absolute atomic E-state index is 0.269. The van der Waals surface area contributed by atoms with E-state index < -0.39 is 88.7 Å². The molecule has 7 nitrogen and oxygen atoms in total. The molecule has 38 heavy (non-hydrogen) atoms. The van der Waals surface area contributed by atoms with Crippen LogP contribution in [0.2, 0.25) is 0 Å². The summed E-state index contributed by atoms with van der Waals surface area (Å²) in [7, 11) is -9.07. The Labute approximate surface area is 212 Å². The Hall–Kier alpha value is -2.88. The molecular formula is C22H20F7NO6S2. The van der Waals surface area contributed by atoms with Crippen molar-refractivity contribution < 1.29 is 57.1 Å². The maximum Gasteiger partial charge on any atom is 0.573 e. The van der Waals surface area contributed by atoms with Gasteiger partial charge in [-0.3, -0.25) is 4.79 Å². The van der Waals surface area contributed by atoms with Crippen LogP contribution in [0, 0.1) is 0 Å². The van der Waals surface area contributed by atoms with Crippen molar-refractivity contribution in [2.45, 2.75) is 59.1 Å². The lowest BCUT2D eigenvalue weighted by Crippen LogP contribution is -2.45. The summed E-state index contributed by atoms with van der Waals surface area (Å²) in [4.78, 5) is 11.1. The van der Waals surface area contributed by atoms with Crippen molar-refractivity contribution in [1.82, 2.24) is 5.32 Å². The SMILES string of the molecule is CS(=O)(=O)c1cc(C(F)(F)F)ccc1C(=O)N[C@H]1CC[C@](F)(S(=O)(=O)c2cccc(OC(F)(F)F)c2)CC1. The number of hydrogen-bond acceptors (Lipinski definition) is 6. The lowest BCUT2D eigenvalue weighted by atomic mass is 9.93. The summed E-state index contributed by atoms with van der Waals surface area (Å²) in [5.74, 6) is -1.92. The molecule has 1 saturated carbocycles. The molecule has 1 fully saturated rings. The molecular weight excluding hydrogens is 571 g/mol. The van der Waals surface area contributed by atoms with Crippen molar-refractivity contribution in [1.29, 1.82) is 0 Å². The lowest BCUT2D eigenvalue weighted by molar-refractivity contribution is -0.274. The van der Waals surface area contributed by atoms with Crippen molar-refractivity contribution in [2.24, 2.45) is 0 Å². The quantitative estimate of drug-likeness (QED) is 0.483. The first-order valence-electron chi connectivity index (χ1n) is 10.7. The van der Waals surface area contributed by atoms with Crippen molar-refractivity contribution in [3.63, 3.8) is 0 Å². The van der Waals surface area contributed by atoms with Crippen LogP contribution in [0.4, 0.5) is 30.7 Å². The number of benzene rings is 2. The molecule has 1 N–H and O–H groups in total. The fourth-order valence-electron chi connectivity index (χ4n) is 3.97. The van der Waals surface area contributed by atoms with Crippen molar-refractivity contribution in [3.05, 3.63) is 53.6 Å². The van der Waals surface area contributed by atoms with Gasteiger partial charge in [0.05, 0.1) is 20.9 Å². The molecule has 210 valence electrons. The van der Waals surface area contributed by atoms with Gasteiger partial charge in [-0.25, -0.2) is 21.2 Å². The van der Waals surface area contributed by atoms with Gasteiger partial charge in [-0.1, -0.05) is 6.07 Å². The molecule has 0 radical (unpaired) electrons. The van der Waals surface area contributed by atoms with Gasteiger partial charge in [0.15, 0.2) is 9.84 Å². The number of ether oxygens (including phenoxy) is 1. The third-order valence-corrected chi connectivity index (χ3v) is 9.23. The standard InChI is InChI=1S/C22H20F7NO6S2/c1-37(32,33)18-11-13(21(24,25)26)5-6-17(18)19(31)30-14-7-9-20(23,10-8-14)38(34,35)16-4-2-3-15(12-16)36-22(27,28)29/h2-6,11-12,14H,7-10H2,1H3,(H,30,31)/t14-,20-. The first kappa shape index (κ1) is 29.7. The van der Waals surface area contributed by atoms with E-state index in [4.69, 9.17) is 0 Å². The summed E-state index contributed by atoms with van der Waals surface area (Å²) in [5, 5.41) is -0.513. The number of sulfone groups is 2. The maximum absolute atomic E-state index is 15.6. The van der Waals surface area contributed by atoms with Crippen LogP contribution in [0.1, 0.15) is 41.6 Å². The molecule has 0 aromatic heterocycles. The van der Waals surface area contributed by atoms with Crippen molar-refractivity contribution >= 4 is 25.6 Å². The third kappa shape index (κ3) is 6.57. The number of carbonyl (C=O) groups excluding carboxylic acids is 1. The second-order valence-electron chi connectivity index (χ2n) is 8.64. The number of alkyl halides is 7. The zero-order valence-corrected chi connectivity index (χ0v) is 21.0. The summed E-state index contributed by atoms with van der Waals surface area (Å²) in [5.41, 5.74) is -1.86. The van der Waals surface area contributed by atoms with Crippen LogP contribution in [-0.4, -0.2) is 46.4 Å². The first-order valence-corrected chi connectivity index (χ1v) is 14.1. The Bertz CT molecular complexity index is 1430. The fourth-order valence-corrected chi connectivity index (χ4v) is 6.59. The van der Waals surface area contributed by atoms with Crippen LogP contribution in [0.25, 0.3) is 0 Å². The third-order valence-electron chi connectivity index (χ3n) is 5.85. The Balaban J connectivity index is 1.76. The van der Waals surface area contributed by atoms with Crippen LogP contribution in [0.15, 0.2) is 52.3 Å². The molecule has 1 aliphatic rings. The normalized spacial score (nSPS) is 21.1. The minimum atomic E-state index is -5.10. The highest BCUT2D eigenvalue weighted by molar-refractivity contribution is 7.92. The van der Waals surface area contributed by atoms with E-state index in [1.54, 1.807) is 0 Å². The second kappa shape index (κ2) is 10.0. The van der Waals surface area contributed by atoms with Crippen LogP contribution in [0.3, 0.4) is 0 Å². The van der Waals surface area contributed by atoms with E-state index in [9.17, 15) is 48.0 Å². The Morgan fingerprint density at radius 1 is 0.974 bits per heavy atom. The maximum atomic E-state index is 15.6. The molecule has 16 heteroatoms. The molecule has 0 saturated heterocycles. The molecule has 1 aliphatic carbocycles. The molecule has 3 rings (SSSR count). The van der Waals surface area contributed by atoms with E-state index in [0.717, 1.165) is 18.2 Å². The Kier molecular flexibility index (Phi) is 7.82. The average molecular weight is 592 g/mol. The zero-order chi connectivity index (χ0) is 28.7. The van der Waals surface area contributed by atoms with Gasteiger partial charge in [0.25, 0.3) is 5.91 Å². The highest BCUT2D eigenvalue weighted by Gasteiger charge is 2.48. The van der Waals surface area contributed by atoms with Crippen molar-refractivity contribution in [3.8, 4) is 5.75 Å². The number of rotatable bonds is 6. The zero-order valence-electron chi connectivity index (χ0n) is 19.4. The molecule has 1 amide bonds. The monoisotopic (exact) mass is 591 g/mol. The summed E-state index contributed by atoms with van der Waals surface area (Å²) >= 11 is 0. The van der Waals surface area contributed by atoms with Crippen LogP contribution in [-0.2, 0) is 25.9 Å². The smallest absolute Gasteiger partial charge is 0.406 e. The topological polar surface area (TPSA) is 107 Å². The van der Waals surface area contributed by atoms with Crippen LogP contribution >= 0.6 is 0 Å². The Morgan fingerprint density at radius 3 is 2.11 bits per heavy atom. The van der Waals surface area contributed by atoms with Gasteiger partial charge in [-0.2, -0.15) is 13.2 Å². The van der Waals surface area contributed by atoms with Crippen LogP contribution in [0.5, 0.6) is 5.75 Å². The predicted octanol–water partition coefficient (Wildman–Crippen LogP) is 4.82. The Morgan fingerprint density at radius 2 is 1.58 bits per heavy atom. The second-order valence-corrected chi connectivity index (χ2v) is 12.8. The summed E-state index contributed by atoms with van der Waals surface area (Å²) < 4.78 is 146. The van der Waals surface area contributed by atoms with Gasteiger partial charge in [0, 0.05) is 12.3 Å². The number of amides is 1. The van der Waals surface area contributed by atoms with Crippen LogP contribution < -0.4 is 10.1 Å². The predicted molar refractivity (Wildman–Crippen MR) is 118 cm³/mol. The fraction of sp³-hybridized carbons (Fsp3) is 0.409. The van der Waals surface area contributed by atoms with Gasteiger partial charge < -0.3 is 10.1 Å². The molecule has 0 spiro atoms. The molecule has 0 unspecified atom stereocenters. The van der Waals surface area contributed by atoms with Gasteiger partial charge in [-0.05, 0) is 62.1 Å². The highest BCUT2D eigenvalue weighted by Crippen LogP contribution is 2.41. The van der Waals surface area contributed by atoms with E-state index in [-0.39, 0.29) is 12.8 Å². The summed E-state index contributed by atoms with van der Waals surface area (Å²) in [6, 6.07) is 3.91. The number of hydrogen-bond donors (Lipinski definition) is 1. The number of halogens is 7. The molecule has 2 aromatic rings. The minimum Gasteiger partial charge on any atom is -0.406 e. The van der Waals surface area contributed by atoms with E-state index >= 15 is 4.39 Å². The average Bonchev–Trinajstić information content (AvgIpc) is 2.78. The number of carbonyl (C=O) groups is 1.